The molecule has 1 unspecified atom stereocenters. The number of fused-ring (bicyclic) bond motifs is 4. The number of aromatic nitrogens is 3. The van der Waals surface area contributed by atoms with E-state index in [-0.39, 0.29) is 42.9 Å². The second-order valence-corrected chi connectivity index (χ2v) is 12.5. The third-order valence-corrected chi connectivity index (χ3v) is 8.74. The van der Waals surface area contributed by atoms with E-state index in [0.717, 1.165) is 32.8 Å². The van der Waals surface area contributed by atoms with E-state index in [1.54, 1.807) is 18.2 Å². The molecule has 2 aliphatic heterocycles. The fraction of sp³-hybridized carbons (Fsp3) is 0.417. The number of rotatable bonds is 18. The molecule has 0 radical (unpaired) electrons. The predicted molar refractivity (Wildman–Crippen MR) is 190 cm³/mol. The summed E-state index contributed by atoms with van der Waals surface area (Å²) >= 11 is 0. The zero-order chi connectivity index (χ0) is 36.6. The number of ether oxygens (including phenoxy) is 3. The number of nitrogens with zero attached hydrogens (tertiary/aromatic N) is 4. The number of nitrogens with one attached hydrogen (secondary N) is 4. The highest BCUT2D eigenvalue weighted by Gasteiger charge is 2.45. The Labute approximate surface area is 299 Å². The van der Waals surface area contributed by atoms with Crippen LogP contribution in [-0.4, -0.2) is 114 Å². The van der Waals surface area contributed by atoms with E-state index < -0.39 is 29.7 Å². The lowest BCUT2D eigenvalue weighted by atomic mass is 10.0. The van der Waals surface area contributed by atoms with Gasteiger partial charge in [0.15, 0.2) is 11.5 Å². The lowest BCUT2D eigenvalue weighted by Gasteiger charge is -2.27. The zero-order valence-corrected chi connectivity index (χ0v) is 29.2. The Bertz CT molecular complexity index is 2000. The molecule has 6 rings (SSSR count). The molecule has 16 heteroatoms. The summed E-state index contributed by atoms with van der Waals surface area (Å²) in [5, 5.41) is 11.5. The molecule has 0 spiro atoms. The van der Waals surface area contributed by atoms with Gasteiger partial charge in [-0.3, -0.25) is 38.6 Å². The molecule has 274 valence electrons. The minimum atomic E-state index is -1.02. The van der Waals surface area contributed by atoms with Crippen LogP contribution >= 0.6 is 0 Å². The summed E-state index contributed by atoms with van der Waals surface area (Å²) in [7, 11) is 0. The Balaban J connectivity index is 0.798. The highest BCUT2D eigenvalue weighted by atomic mass is 16.5. The minimum absolute atomic E-state index is 0.0595. The molecule has 2 aromatic heterocycles. The fourth-order valence-electron chi connectivity index (χ4n) is 6.20. The van der Waals surface area contributed by atoms with Crippen molar-refractivity contribution in [1.82, 2.24) is 29.9 Å². The largest absolute Gasteiger partial charge is 0.382 e. The molecular weight excluding hydrogens is 672 g/mol. The zero-order valence-electron chi connectivity index (χ0n) is 29.2. The lowest BCUT2D eigenvalue weighted by Crippen LogP contribution is -2.54. The maximum absolute atomic E-state index is 13.2. The molecule has 5 amide bonds. The molecule has 4 heterocycles. The minimum Gasteiger partial charge on any atom is -0.382 e. The molecule has 1 saturated heterocycles. The van der Waals surface area contributed by atoms with Gasteiger partial charge in [-0.2, -0.15) is 0 Å². The summed E-state index contributed by atoms with van der Waals surface area (Å²) in [4.78, 5) is 72.4. The third-order valence-electron chi connectivity index (χ3n) is 8.74. The second kappa shape index (κ2) is 16.7. The molecule has 0 bridgehead atoms. The first kappa shape index (κ1) is 36.3. The normalized spacial score (nSPS) is 15.7. The van der Waals surface area contributed by atoms with Crippen molar-refractivity contribution in [3.05, 3.63) is 65.0 Å². The van der Waals surface area contributed by atoms with Gasteiger partial charge in [-0.25, -0.2) is 9.97 Å². The van der Waals surface area contributed by atoms with Gasteiger partial charge in [0.2, 0.25) is 17.7 Å². The molecule has 0 aliphatic carbocycles. The van der Waals surface area contributed by atoms with Crippen LogP contribution in [0.1, 0.15) is 51.2 Å². The van der Waals surface area contributed by atoms with Crippen LogP contribution in [0.3, 0.4) is 0 Å². The first-order valence-electron chi connectivity index (χ1n) is 17.3. The molecular formula is C36H42N8O8. The number of benzene rings is 2. The van der Waals surface area contributed by atoms with E-state index in [2.05, 4.69) is 36.7 Å². The van der Waals surface area contributed by atoms with Crippen LogP contribution in [-0.2, 0) is 28.6 Å². The number of imidazole rings is 1. The summed E-state index contributed by atoms with van der Waals surface area (Å²) in [6, 6.07) is 9.99. The summed E-state index contributed by atoms with van der Waals surface area (Å²) in [5.41, 5.74) is 5.65. The number of aryl methyl sites for hydroxylation is 2. The predicted octanol–water partition coefficient (Wildman–Crippen LogP) is 1.98. The van der Waals surface area contributed by atoms with Gasteiger partial charge in [0.25, 0.3) is 11.8 Å². The third kappa shape index (κ3) is 8.19. The average molecular weight is 715 g/mol. The van der Waals surface area contributed by atoms with Gasteiger partial charge in [-0.05, 0) is 50.1 Å². The second-order valence-electron chi connectivity index (χ2n) is 12.5. The van der Waals surface area contributed by atoms with Crippen molar-refractivity contribution in [2.75, 3.05) is 69.9 Å². The highest BCUT2D eigenvalue weighted by molar-refractivity contribution is 6.25. The van der Waals surface area contributed by atoms with Crippen molar-refractivity contribution in [2.45, 2.75) is 39.2 Å². The molecule has 1 fully saturated rings. The smallest absolute Gasteiger partial charge is 0.264 e. The van der Waals surface area contributed by atoms with Crippen molar-refractivity contribution in [3.8, 4) is 0 Å². The Morgan fingerprint density at radius 2 is 1.67 bits per heavy atom. The summed E-state index contributed by atoms with van der Waals surface area (Å²) in [5.74, 6) is -1.65. The number of imide groups is 2. The van der Waals surface area contributed by atoms with Crippen LogP contribution in [0.2, 0.25) is 0 Å². The first-order chi connectivity index (χ1) is 25.2. The Kier molecular flexibility index (Phi) is 11.7. The molecule has 0 saturated carbocycles. The number of hydrogen-bond acceptors (Lipinski definition) is 12. The van der Waals surface area contributed by atoms with Crippen molar-refractivity contribution >= 4 is 57.7 Å². The monoisotopic (exact) mass is 714 g/mol. The average Bonchev–Trinajstić information content (AvgIpc) is 3.64. The highest BCUT2D eigenvalue weighted by Crippen LogP contribution is 2.32. The lowest BCUT2D eigenvalue weighted by molar-refractivity contribution is -0.136. The number of hydrogen-bond donors (Lipinski definition) is 4. The van der Waals surface area contributed by atoms with Crippen LogP contribution in [0.15, 0.2) is 42.6 Å². The number of carbonyl (C=O) groups is 5. The van der Waals surface area contributed by atoms with E-state index in [9.17, 15) is 24.0 Å². The Morgan fingerprint density at radius 3 is 2.46 bits per heavy atom. The van der Waals surface area contributed by atoms with E-state index in [0.29, 0.717) is 64.2 Å². The number of anilines is 2. The van der Waals surface area contributed by atoms with Gasteiger partial charge in [-0.1, -0.05) is 12.1 Å². The quantitative estimate of drug-likeness (QED) is 0.0866. The van der Waals surface area contributed by atoms with E-state index in [1.807, 2.05) is 32.2 Å². The number of amides is 5. The van der Waals surface area contributed by atoms with Gasteiger partial charge < -0.3 is 30.2 Å². The summed E-state index contributed by atoms with van der Waals surface area (Å²) < 4.78 is 18.7. The van der Waals surface area contributed by atoms with Gasteiger partial charge in [0.05, 0.1) is 61.8 Å². The van der Waals surface area contributed by atoms with Gasteiger partial charge in [-0.15, -0.1) is 0 Å². The maximum Gasteiger partial charge on any atom is 0.264 e. The fourth-order valence-corrected chi connectivity index (χ4v) is 6.20. The van der Waals surface area contributed by atoms with Gasteiger partial charge >= 0.3 is 0 Å². The van der Waals surface area contributed by atoms with Crippen LogP contribution in [0, 0.1) is 13.8 Å². The number of carbonyl (C=O) groups excluding carboxylic acids is 5. The van der Waals surface area contributed by atoms with Crippen molar-refractivity contribution in [2.24, 2.45) is 0 Å². The Hall–Kier alpha value is -5.45. The van der Waals surface area contributed by atoms with E-state index >= 15 is 0 Å². The standard InChI is InChI=1S/C36H42N8O8/c1-22-6-7-25-28(20-22)43-23(2)21-40-33(43)32(41-25)39-12-11-38-29(45)10-14-50-16-18-52-19-17-51-15-13-37-26-5-3-4-24-31(26)36(49)44(35(24)48)27-8-9-30(46)42-34(27)47/h3-7,20-21,27,37H,8-19H2,1-2H3,(H,38,45)(H,39,41)(H,42,46,47). The van der Waals surface area contributed by atoms with Crippen LogP contribution in [0.4, 0.5) is 11.5 Å². The molecule has 4 N–H and O–H groups in total. The van der Waals surface area contributed by atoms with Crippen LogP contribution < -0.4 is 21.3 Å². The van der Waals surface area contributed by atoms with E-state index in [1.165, 1.54) is 0 Å². The first-order valence-corrected chi connectivity index (χ1v) is 17.3. The molecule has 1 atom stereocenters. The van der Waals surface area contributed by atoms with Crippen molar-refractivity contribution < 1.29 is 38.2 Å². The van der Waals surface area contributed by atoms with Crippen molar-refractivity contribution in [1.29, 1.82) is 0 Å². The van der Waals surface area contributed by atoms with Crippen LogP contribution in [0.25, 0.3) is 16.7 Å². The molecule has 16 nitrogen and oxygen atoms in total. The van der Waals surface area contributed by atoms with Crippen LogP contribution in [0.5, 0.6) is 0 Å². The molecule has 2 aromatic carbocycles. The molecule has 4 aromatic rings. The topological polar surface area (TPSA) is 195 Å². The van der Waals surface area contributed by atoms with Crippen molar-refractivity contribution in [3.63, 3.8) is 0 Å². The summed E-state index contributed by atoms with van der Waals surface area (Å²) in [6.07, 6.45) is 2.21. The summed E-state index contributed by atoms with van der Waals surface area (Å²) in [6.45, 7) is 7.30. The number of piperidine rings is 1. The molecule has 52 heavy (non-hydrogen) atoms. The van der Waals surface area contributed by atoms with Gasteiger partial charge in [0, 0.05) is 50.1 Å². The maximum atomic E-state index is 13.2. The SMILES string of the molecule is Cc1ccc2nc(NCCNC(=O)CCOCCOCCOCCNc3cccc4c3C(=O)N(C3CCC(=O)NC3=O)C4=O)c3ncc(C)n3c2c1. The van der Waals surface area contributed by atoms with E-state index in [4.69, 9.17) is 19.2 Å². The Morgan fingerprint density at radius 1 is 0.904 bits per heavy atom. The molecule has 2 aliphatic rings. The van der Waals surface area contributed by atoms with Gasteiger partial charge in [0.1, 0.15) is 6.04 Å².